The molecule has 17 heavy (non-hydrogen) atoms. The fraction of sp³-hybridized carbons (Fsp3) is 0.909. The van der Waals surface area contributed by atoms with E-state index in [0.29, 0.717) is 0 Å². The van der Waals surface area contributed by atoms with E-state index in [1.807, 2.05) is 0 Å². The van der Waals surface area contributed by atoms with Crippen LogP contribution < -0.4 is 5.73 Å². The summed E-state index contributed by atoms with van der Waals surface area (Å²) in [7, 11) is 0. The van der Waals surface area contributed by atoms with Gasteiger partial charge in [-0.15, -0.1) is 0 Å². The Balaban J connectivity index is 2.66. The normalized spacial score (nSPS) is 30.9. The van der Waals surface area contributed by atoms with Gasteiger partial charge in [0.15, 0.2) is 0 Å². The molecular weight excluding hydrogens is 224 g/mol. The first kappa shape index (κ1) is 14.2. The van der Waals surface area contributed by atoms with E-state index in [1.54, 1.807) is 20.8 Å². The molecule has 0 unspecified atom stereocenters. The minimum absolute atomic E-state index is 0.0904. The first-order chi connectivity index (χ1) is 7.69. The number of carbonyl (C=O) groups is 1. The van der Waals surface area contributed by atoms with Crippen molar-refractivity contribution in [2.75, 3.05) is 13.1 Å². The Morgan fingerprint density at radius 3 is 2.47 bits per heavy atom. The van der Waals surface area contributed by atoms with Gasteiger partial charge in [-0.3, -0.25) is 0 Å². The highest BCUT2D eigenvalue weighted by atomic mass is 16.6. The van der Waals surface area contributed by atoms with Gasteiger partial charge >= 0.3 is 6.09 Å². The van der Waals surface area contributed by atoms with E-state index >= 15 is 0 Å². The quantitative estimate of drug-likeness (QED) is 0.544. The Kier molecular flexibility index (Phi) is 4.35. The number of β-amino-alcohol motifs (C(OH)–C–C–N with tert-alkyl or cyclic N) is 2. The number of rotatable bonds is 0. The Labute approximate surface area is 101 Å². The van der Waals surface area contributed by atoms with Gasteiger partial charge in [0.25, 0.3) is 0 Å². The molecule has 0 radical (unpaired) electrons. The zero-order chi connectivity index (χ0) is 13.2. The van der Waals surface area contributed by atoms with Gasteiger partial charge in [0.05, 0.1) is 25.3 Å². The van der Waals surface area contributed by atoms with Crippen LogP contribution in [0.2, 0.25) is 0 Å². The van der Waals surface area contributed by atoms with Gasteiger partial charge in [-0.2, -0.15) is 0 Å². The lowest BCUT2D eigenvalue weighted by Gasteiger charge is -2.28. The summed E-state index contributed by atoms with van der Waals surface area (Å²) in [6.07, 6.45) is -1.82. The molecule has 6 nitrogen and oxygen atoms in total. The maximum atomic E-state index is 11.8. The molecule has 0 spiro atoms. The van der Waals surface area contributed by atoms with Crippen LogP contribution in [0.15, 0.2) is 0 Å². The highest BCUT2D eigenvalue weighted by molar-refractivity contribution is 5.68. The van der Waals surface area contributed by atoms with Crippen LogP contribution in [0.4, 0.5) is 4.79 Å². The first-order valence-electron chi connectivity index (χ1n) is 5.78. The van der Waals surface area contributed by atoms with Crippen molar-refractivity contribution >= 4 is 6.09 Å². The van der Waals surface area contributed by atoms with Gasteiger partial charge in [0, 0.05) is 6.04 Å². The third kappa shape index (κ3) is 4.49. The predicted molar refractivity (Wildman–Crippen MR) is 62.4 cm³/mol. The highest BCUT2D eigenvalue weighted by Gasteiger charge is 2.32. The molecule has 1 aliphatic rings. The van der Waals surface area contributed by atoms with Crippen molar-refractivity contribution in [3.63, 3.8) is 0 Å². The Morgan fingerprint density at radius 2 is 1.94 bits per heavy atom. The molecule has 0 bridgehead atoms. The van der Waals surface area contributed by atoms with Gasteiger partial charge in [0.1, 0.15) is 5.60 Å². The molecule has 1 heterocycles. The number of hydrogen-bond acceptors (Lipinski definition) is 5. The second-order valence-corrected chi connectivity index (χ2v) is 5.51. The van der Waals surface area contributed by atoms with Gasteiger partial charge in [-0.1, -0.05) is 0 Å². The molecule has 0 aliphatic carbocycles. The molecule has 4 N–H and O–H groups in total. The zero-order valence-corrected chi connectivity index (χ0v) is 10.6. The lowest BCUT2D eigenvalue weighted by Crippen LogP contribution is -2.44. The summed E-state index contributed by atoms with van der Waals surface area (Å²) in [4.78, 5) is 13.1. The van der Waals surface area contributed by atoms with Crippen LogP contribution in [0.5, 0.6) is 0 Å². The van der Waals surface area contributed by atoms with Crippen LogP contribution in [-0.4, -0.2) is 58.1 Å². The number of likely N-dealkylation sites (tertiary alicyclic amines) is 1. The molecule has 0 saturated carbocycles. The van der Waals surface area contributed by atoms with Crippen molar-refractivity contribution in [2.24, 2.45) is 5.73 Å². The van der Waals surface area contributed by atoms with Crippen molar-refractivity contribution < 1.29 is 19.7 Å². The average molecular weight is 246 g/mol. The number of nitrogens with zero attached hydrogens (tertiary/aromatic N) is 1. The number of ether oxygens (including phenoxy) is 1. The molecule has 0 aromatic heterocycles. The van der Waals surface area contributed by atoms with Crippen molar-refractivity contribution in [1.29, 1.82) is 0 Å². The van der Waals surface area contributed by atoms with Crippen LogP contribution in [0.25, 0.3) is 0 Å². The minimum Gasteiger partial charge on any atom is -0.444 e. The van der Waals surface area contributed by atoms with Crippen LogP contribution in [0.1, 0.15) is 27.2 Å². The number of aliphatic hydroxyl groups is 2. The molecule has 1 rings (SSSR count). The first-order valence-corrected chi connectivity index (χ1v) is 5.78. The van der Waals surface area contributed by atoms with E-state index in [-0.39, 0.29) is 19.5 Å². The van der Waals surface area contributed by atoms with Gasteiger partial charge in [0.2, 0.25) is 0 Å². The average Bonchev–Trinajstić information content (AvgIpc) is 2.24. The van der Waals surface area contributed by atoms with Crippen molar-refractivity contribution in [3.8, 4) is 0 Å². The second-order valence-electron chi connectivity index (χ2n) is 5.51. The van der Waals surface area contributed by atoms with Crippen LogP contribution >= 0.6 is 0 Å². The molecule has 0 aromatic carbocycles. The fourth-order valence-corrected chi connectivity index (χ4v) is 1.71. The van der Waals surface area contributed by atoms with E-state index in [9.17, 15) is 15.0 Å². The zero-order valence-electron chi connectivity index (χ0n) is 10.6. The summed E-state index contributed by atoms with van der Waals surface area (Å²) in [6.45, 7) is 5.52. The summed E-state index contributed by atoms with van der Waals surface area (Å²) in [6, 6.07) is -0.516. The number of aliphatic hydroxyl groups excluding tert-OH is 2. The Bertz CT molecular complexity index is 277. The van der Waals surface area contributed by atoms with Crippen molar-refractivity contribution in [3.05, 3.63) is 0 Å². The lowest BCUT2D eigenvalue weighted by atomic mass is 10.1. The number of hydrogen-bond donors (Lipinski definition) is 3. The van der Waals surface area contributed by atoms with E-state index in [0.717, 1.165) is 0 Å². The highest BCUT2D eigenvalue weighted by Crippen LogP contribution is 2.15. The number of amides is 1. The standard InChI is InChI=1S/C11H22N2O4/c1-11(2,3)17-10(16)13-5-7(14)4-8(12)9(15)6-13/h7-9,14-15H,4-6,12H2,1-3H3/t7-,8-,9-/m1/s1. The molecule has 1 aliphatic heterocycles. The Hall–Kier alpha value is -0.850. The predicted octanol–water partition coefficient (Wildman–Crippen LogP) is -0.324. The molecular formula is C11H22N2O4. The van der Waals surface area contributed by atoms with Crippen molar-refractivity contribution in [1.82, 2.24) is 4.90 Å². The largest absolute Gasteiger partial charge is 0.444 e. The summed E-state index contributed by atoms with van der Waals surface area (Å²) in [5.74, 6) is 0. The van der Waals surface area contributed by atoms with Crippen LogP contribution in [0.3, 0.4) is 0 Å². The maximum absolute atomic E-state index is 11.8. The molecule has 1 fully saturated rings. The lowest BCUT2D eigenvalue weighted by molar-refractivity contribution is 0.0108. The summed E-state index contributed by atoms with van der Waals surface area (Å²) in [5, 5.41) is 19.4. The molecule has 6 heteroatoms. The maximum Gasteiger partial charge on any atom is 0.410 e. The van der Waals surface area contributed by atoms with Crippen LogP contribution in [0, 0.1) is 0 Å². The monoisotopic (exact) mass is 246 g/mol. The van der Waals surface area contributed by atoms with Crippen LogP contribution in [-0.2, 0) is 4.74 Å². The van der Waals surface area contributed by atoms with E-state index < -0.39 is 29.9 Å². The number of carbonyl (C=O) groups excluding carboxylic acids is 1. The molecule has 0 aromatic rings. The smallest absolute Gasteiger partial charge is 0.410 e. The van der Waals surface area contributed by atoms with Gasteiger partial charge in [-0.05, 0) is 27.2 Å². The Morgan fingerprint density at radius 1 is 1.35 bits per heavy atom. The molecule has 100 valence electrons. The van der Waals surface area contributed by atoms with E-state index in [2.05, 4.69) is 0 Å². The molecule has 1 amide bonds. The van der Waals surface area contributed by atoms with Gasteiger partial charge < -0.3 is 25.6 Å². The summed E-state index contributed by atoms with van der Waals surface area (Å²) in [5.41, 5.74) is 5.07. The van der Waals surface area contributed by atoms with Crippen molar-refractivity contribution in [2.45, 2.75) is 51.0 Å². The third-order valence-corrected chi connectivity index (χ3v) is 2.53. The SMILES string of the molecule is CC(C)(C)OC(=O)N1C[C@H](O)C[C@@H](N)[C@H](O)C1. The molecule has 1 saturated heterocycles. The third-order valence-electron chi connectivity index (χ3n) is 2.53. The minimum atomic E-state index is -0.834. The fourth-order valence-electron chi connectivity index (χ4n) is 1.71. The van der Waals surface area contributed by atoms with E-state index in [1.165, 1.54) is 4.90 Å². The van der Waals surface area contributed by atoms with E-state index in [4.69, 9.17) is 10.5 Å². The summed E-state index contributed by atoms with van der Waals surface area (Å²) >= 11 is 0. The summed E-state index contributed by atoms with van der Waals surface area (Å²) < 4.78 is 5.19. The second kappa shape index (κ2) is 5.20. The topological polar surface area (TPSA) is 96.0 Å². The number of nitrogens with two attached hydrogens (primary N) is 1. The van der Waals surface area contributed by atoms with Gasteiger partial charge in [-0.25, -0.2) is 4.79 Å². The molecule has 3 atom stereocenters.